The van der Waals surface area contributed by atoms with E-state index in [2.05, 4.69) is 15.9 Å². The lowest BCUT2D eigenvalue weighted by molar-refractivity contribution is 0.109. The molecule has 4 heteroatoms. The molecule has 0 unspecified atom stereocenters. The van der Waals surface area contributed by atoms with Crippen LogP contribution in [-0.2, 0) is 0 Å². The third-order valence-electron chi connectivity index (χ3n) is 1.16. The Morgan fingerprint density at radius 3 is 2.00 bits per heavy atom. The molecule has 0 atom stereocenters. The average Bonchev–Trinajstić information content (AvgIpc) is 1.85. The molecule has 0 N–H and O–H groups in total. The summed E-state index contributed by atoms with van der Waals surface area (Å²) in [5, 5.41) is 0.721. The summed E-state index contributed by atoms with van der Waals surface area (Å²) in [7, 11) is 0. The van der Waals surface area contributed by atoms with Gasteiger partial charge in [0, 0.05) is 0 Å². The highest BCUT2D eigenvalue weighted by Crippen LogP contribution is 2.25. The van der Waals surface area contributed by atoms with Crippen molar-refractivity contribution in [3.8, 4) is 0 Å². The Labute approximate surface area is 82.4 Å². The van der Waals surface area contributed by atoms with Crippen molar-refractivity contribution in [3.05, 3.63) is 33.8 Å². The molecular weight excluding hydrogens is 251 g/mol. The second kappa shape index (κ2) is 3.57. The number of hydrogen-bond acceptors (Lipinski definition) is 1. The van der Waals surface area contributed by atoms with Gasteiger partial charge >= 0.3 is 0 Å². The molecular formula is C7H3BrCl2O. The molecule has 1 rings (SSSR count). The van der Waals surface area contributed by atoms with Crippen molar-refractivity contribution in [1.82, 2.24) is 0 Å². The minimum atomic E-state index is -0.298. The molecule has 0 aromatic heterocycles. The minimum absolute atomic E-state index is 0.298. The van der Waals surface area contributed by atoms with Gasteiger partial charge in [0.15, 0.2) is 0 Å². The van der Waals surface area contributed by atoms with Crippen LogP contribution < -0.4 is 0 Å². The summed E-state index contributed by atoms with van der Waals surface area (Å²) >= 11 is 14.2. The van der Waals surface area contributed by atoms with Gasteiger partial charge in [-0.2, -0.15) is 0 Å². The highest BCUT2D eigenvalue weighted by Gasteiger charge is 2.10. The Balaban J connectivity index is 3.32. The van der Waals surface area contributed by atoms with Crippen LogP contribution >= 0.6 is 39.1 Å². The third-order valence-corrected chi connectivity index (χ3v) is 2.19. The number of benzene rings is 1. The molecule has 0 aliphatic heterocycles. The van der Waals surface area contributed by atoms with E-state index in [0.717, 1.165) is 0 Å². The smallest absolute Gasteiger partial charge is 0.231 e. The van der Waals surface area contributed by atoms with Crippen LogP contribution in [0.1, 0.15) is 10.4 Å². The van der Waals surface area contributed by atoms with E-state index in [0.29, 0.717) is 15.6 Å². The maximum Gasteiger partial charge on any atom is 0.231 e. The quantitative estimate of drug-likeness (QED) is 0.700. The Morgan fingerprint density at radius 2 is 1.73 bits per heavy atom. The summed E-state index contributed by atoms with van der Waals surface area (Å²) in [6.45, 7) is 0. The van der Waals surface area contributed by atoms with Gasteiger partial charge in [-0.25, -0.2) is 0 Å². The molecule has 11 heavy (non-hydrogen) atoms. The van der Waals surface area contributed by atoms with Crippen LogP contribution in [0.4, 0.5) is 0 Å². The van der Waals surface area contributed by atoms with Gasteiger partial charge in [-0.1, -0.05) is 29.3 Å². The Hall–Kier alpha value is -0.0500. The second-order valence-electron chi connectivity index (χ2n) is 1.87. The summed E-state index contributed by atoms with van der Waals surface area (Å²) in [4.78, 5) is 10.8. The summed E-state index contributed by atoms with van der Waals surface area (Å²) in [5.74, 6) is 0. The molecule has 0 aliphatic carbocycles. The molecule has 1 aromatic rings. The molecule has 0 heterocycles. The monoisotopic (exact) mass is 252 g/mol. The lowest BCUT2D eigenvalue weighted by Crippen LogP contribution is -1.90. The fourth-order valence-corrected chi connectivity index (χ4v) is 1.91. The van der Waals surface area contributed by atoms with Crippen LogP contribution in [0.15, 0.2) is 18.2 Å². The summed E-state index contributed by atoms with van der Waals surface area (Å²) < 4.78 is -0.298. The Bertz CT molecular complexity index is 278. The molecule has 0 amide bonds. The van der Waals surface area contributed by atoms with Gasteiger partial charge in [0.25, 0.3) is 0 Å². The van der Waals surface area contributed by atoms with Crippen LogP contribution in [0, 0.1) is 0 Å². The van der Waals surface area contributed by atoms with Gasteiger partial charge in [0.2, 0.25) is 4.69 Å². The van der Waals surface area contributed by atoms with Crippen molar-refractivity contribution in [2.75, 3.05) is 0 Å². The van der Waals surface area contributed by atoms with Gasteiger partial charge in [-0.15, -0.1) is 0 Å². The highest BCUT2D eigenvalue weighted by molar-refractivity contribution is 9.18. The molecule has 0 radical (unpaired) electrons. The van der Waals surface area contributed by atoms with E-state index in [4.69, 9.17) is 23.2 Å². The SMILES string of the molecule is O=C(Br)c1c(Cl)cccc1Cl. The first-order valence-electron chi connectivity index (χ1n) is 2.77. The average molecular weight is 254 g/mol. The van der Waals surface area contributed by atoms with Crippen LogP contribution in [0.25, 0.3) is 0 Å². The predicted molar refractivity (Wildman–Crippen MR) is 49.7 cm³/mol. The molecule has 0 saturated carbocycles. The molecule has 0 aliphatic rings. The van der Waals surface area contributed by atoms with Crippen LogP contribution in [0.3, 0.4) is 0 Å². The zero-order valence-electron chi connectivity index (χ0n) is 5.27. The fourth-order valence-electron chi connectivity index (χ4n) is 0.686. The minimum Gasteiger partial charge on any atom is -0.281 e. The van der Waals surface area contributed by atoms with Gasteiger partial charge in [0.1, 0.15) is 0 Å². The fraction of sp³-hybridized carbons (Fsp3) is 0. The number of halogens is 3. The van der Waals surface area contributed by atoms with Crippen molar-refractivity contribution in [2.24, 2.45) is 0 Å². The third kappa shape index (κ3) is 1.95. The Morgan fingerprint density at radius 1 is 1.27 bits per heavy atom. The zero-order valence-corrected chi connectivity index (χ0v) is 8.37. The Kier molecular flexibility index (Phi) is 2.93. The molecule has 1 nitrogen and oxygen atoms in total. The van der Waals surface area contributed by atoms with Gasteiger partial charge < -0.3 is 0 Å². The van der Waals surface area contributed by atoms with Crippen LogP contribution in [-0.4, -0.2) is 4.69 Å². The standard InChI is InChI=1S/C7H3BrCl2O/c8-7(11)6-4(9)2-1-3-5(6)10/h1-3H. The molecule has 0 bridgehead atoms. The topological polar surface area (TPSA) is 17.1 Å². The van der Waals surface area contributed by atoms with E-state index in [-0.39, 0.29) is 4.69 Å². The number of rotatable bonds is 1. The van der Waals surface area contributed by atoms with Gasteiger partial charge in [-0.3, -0.25) is 4.79 Å². The highest BCUT2D eigenvalue weighted by atomic mass is 79.9. The number of carbonyl (C=O) groups is 1. The van der Waals surface area contributed by atoms with Crippen LogP contribution in [0.5, 0.6) is 0 Å². The zero-order chi connectivity index (χ0) is 8.43. The van der Waals surface area contributed by atoms with E-state index >= 15 is 0 Å². The first-order chi connectivity index (χ1) is 5.13. The summed E-state index contributed by atoms with van der Waals surface area (Å²) in [6.07, 6.45) is 0. The maximum absolute atomic E-state index is 10.8. The first-order valence-corrected chi connectivity index (χ1v) is 4.31. The van der Waals surface area contributed by atoms with Crippen molar-refractivity contribution in [2.45, 2.75) is 0 Å². The van der Waals surface area contributed by atoms with Crippen molar-refractivity contribution >= 4 is 43.8 Å². The molecule has 58 valence electrons. The summed E-state index contributed by atoms with van der Waals surface area (Å²) in [5.41, 5.74) is 0.316. The van der Waals surface area contributed by atoms with E-state index < -0.39 is 0 Å². The number of carbonyl (C=O) groups excluding carboxylic acids is 1. The maximum atomic E-state index is 10.8. The molecule has 1 aromatic carbocycles. The molecule has 0 spiro atoms. The molecule has 0 fully saturated rings. The van der Waals surface area contributed by atoms with Gasteiger partial charge in [0.05, 0.1) is 15.6 Å². The normalized spacial score (nSPS) is 9.73. The predicted octanol–water partition coefficient (Wildman–Crippen LogP) is 3.53. The van der Waals surface area contributed by atoms with Gasteiger partial charge in [-0.05, 0) is 28.1 Å². The first kappa shape index (κ1) is 9.04. The second-order valence-corrected chi connectivity index (χ2v) is 3.41. The van der Waals surface area contributed by atoms with E-state index in [1.54, 1.807) is 18.2 Å². The summed E-state index contributed by atoms with van der Waals surface area (Å²) in [6, 6.07) is 4.91. The van der Waals surface area contributed by atoms with Crippen molar-refractivity contribution < 1.29 is 4.79 Å². The van der Waals surface area contributed by atoms with Crippen LogP contribution in [0.2, 0.25) is 10.0 Å². The lowest BCUT2D eigenvalue weighted by atomic mass is 10.2. The molecule has 0 saturated heterocycles. The van der Waals surface area contributed by atoms with Crippen molar-refractivity contribution in [1.29, 1.82) is 0 Å². The van der Waals surface area contributed by atoms with E-state index in [1.807, 2.05) is 0 Å². The van der Waals surface area contributed by atoms with E-state index in [9.17, 15) is 4.79 Å². The largest absolute Gasteiger partial charge is 0.281 e. The number of hydrogen-bond donors (Lipinski definition) is 0. The lowest BCUT2D eigenvalue weighted by Gasteiger charge is -1.99. The van der Waals surface area contributed by atoms with E-state index in [1.165, 1.54) is 0 Å². The van der Waals surface area contributed by atoms with Crippen molar-refractivity contribution in [3.63, 3.8) is 0 Å².